The van der Waals surface area contributed by atoms with Gasteiger partial charge in [-0.15, -0.1) is 20.5 Å². The zero-order valence-corrected chi connectivity index (χ0v) is 36.6. The van der Waals surface area contributed by atoms with Crippen LogP contribution >= 0.6 is 22.3 Å². The fourth-order valence-corrected chi connectivity index (χ4v) is 12.7. The summed E-state index contributed by atoms with van der Waals surface area (Å²) in [5.74, 6) is 1.71. The third kappa shape index (κ3) is 10.5. The molecule has 0 saturated carbocycles. The van der Waals surface area contributed by atoms with E-state index in [2.05, 4.69) is 128 Å². The Bertz CT molecular complexity index is 1850. The van der Waals surface area contributed by atoms with E-state index in [-0.39, 0.29) is 23.6 Å². The lowest BCUT2D eigenvalue weighted by Gasteiger charge is -2.50. The standard InChI is InChI=1S/C43H65N7O3S2/c1-29(2)55(30(3)4,31(5)6)52-28-49(10)23-15-14-18-40-46-47-41-22-19-35(27-50(40)41)53-39-21-20-38(36-16-12-13-17-37(36)39)45-42(51)44-33-24-32(43(7,8)9)25-34(26-33)48-54-11/h12-13,16-17,19,22,24-27,29-31,38-39,48H,14-15,18,20-21,23,28H2,1-11H3,(H2,44,45,51). The Kier molecular flexibility index (Phi) is 14.5. The Balaban J connectivity index is 1.18. The van der Waals surface area contributed by atoms with Crippen molar-refractivity contribution in [2.75, 3.05) is 36.6 Å². The molecular formula is C43H65N7O3S2. The number of aromatic nitrogens is 3. The van der Waals surface area contributed by atoms with Crippen molar-refractivity contribution in [3.8, 4) is 5.75 Å². The van der Waals surface area contributed by atoms with Crippen molar-refractivity contribution in [3.63, 3.8) is 0 Å². The van der Waals surface area contributed by atoms with Gasteiger partial charge in [-0.3, -0.25) is 9.30 Å². The van der Waals surface area contributed by atoms with E-state index in [1.54, 1.807) is 0 Å². The zero-order valence-electron chi connectivity index (χ0n) is 34.9. The maximum atomic E-state index is 13.4. The van der Waals surface area contributed by atoms with Gasteiger partial charge in [0.25, 0.3) is 0 Å². The number of fused-ring (bicyclic) bond motifs is 2. The molecule has 10 nitrogen and oxygen atoms in total. The average molecular weight is 792 g/mol. The first-order chi connectivity index (χ1) is 26.1. The van der Waals surface area contributed by atoms with Crippen molar-refractivity contribution in [1.29, 1.82) is 0 Å². The third-order valence-electron chi connectivity index (χ3n) is 10.6. The lowest BCUT2D eigenvalue weighted by molar-refractivity contribution is 0.163. The molecule has 5 rings (SSSR count). The number of benzene rings is 2. The molecule has 1 aliphatic rings. The summed E-state index contributed by atoms with van der Waals surface area (Å²) in [6, 6.07) is 18.0. The number of hydrogen-bond donors (Lipinski definition) is 3. The third-order valence-corrected chi connectivity index (χ3v) is 16.0. The number of nitrogens with zero attached hydrogens (tertiary/aromatic N) is 4. The second-order valence-electron chi connectivity index (χ2n) is 16.7. The van der Waals surface area contributed by atoms with Crippen LogP contribution < -0.4 is 20.1 Å². The number of carbonyl (C=O) groups is 1. The second kappa shape index (κ2) is 18.7. The number of hydrogen-bond acceptors (Lipinski definition) is 8. The highest BCUT2D eigenvalue weighted by Crippen LogP contribution is 2.61. The monoisotopic (exact) mass is 791 g/mol. The van der Waals surface area contributed by atoms with Crippen LogP contribution in [0.25, 0.3) is 5.65 Å². The molecule has 0 fully saturated rings. The summed E-state index contributed by atoms with van der Waals surface area (Å²) in [6.07, 6.45) is 8.26. The highest BCUT2D eigenvalue weighted by atomic mass is 32.3. The molecule has 2 aromatic carbocycles. The number of carbonyl (C=O) groups excluding carboxylic acids is 1. The molecule has 2 aromatic heterocycles. The highest BCUT2D eigenvalue weighted by Gasteiger charge is 2.36. The SMILES string of the molecule is CSNc1cc(NC(=O)NC2CCC(Oc3ccc4nnc(CCCCN(C)COS(C(C)C)(C(C)C)C(C)C)n4c3)c3ccccc32)cc(C(C)(C)C)c1. The van der Waals surface area contributed by atoms with Gasteiger partial charge in [0, 0.05) is 46.3 Å². The summed E-state index contributed by atoms with van der Waals surface area (Å²) in [6.45, 7) is 22.0. The summed E-state index contributed by atoms with van der Waals surface area (Å²) < 4.78 is 18.8. The predicted octanol–water partition coefficient (Wildman–Crippen LogP) is 10.7. The van der Waals surface area contributed by atoms with Crippen LogP contribution in [0.3, 0.4) is 0 Å². The molecule has 12 heteroatoms. The molecule has 2 atom stereocenters. The first kappa shape index (κ1) is 42.7. The molecule has 55 heavy (non-hydrogen) atoms. The van der Waals surface area contributed by atoms with Crippen LogP contribution in [0.1, 0.15) is 123 Å². The Morgan fingerprint density at radius 2 is 1.64 bits per heavy atom. The quantitative estimate of drug-likeness (QED) is 0.0552. The van der Waals surface area contributed by atoms with E-state index < -0.39 is 10.3 Å². The maximum absolute atomic E-state index is 13.4. The van der Waals surface area contributed by atoms with E-state index in [0.717, 1.165) is 83.9 Å². The van der Waals surface area contributed by atoms with Gasteiger partial charge in [-0.05, 0) is 85.2 Å². The largest absolute Gasteiger partial charge is 0.484 e. The van der Waals surface area contributed by atoms with Gasteiger partial charge in [0.1, 0.15) is 24.4 Å². The first-order valence-corrected chi connectivity index (χ1v) is 22.8. The fourth-order valence-electron chi connectivity index (χ4n) is 7.93. The molecule has 0 saturated heterocycles. The Labute approximate surface area is 336 Å². The van der Waals surface area contributed by atoms with Crippen molar-refractivity contribution in [2.24, 2.45) is 0 Å². The number of unbranched alkanes of at least 4 members (excludes halogenated alkanes) is 1. The number of ether oxygens (including phenoxy) is 1. The minimum absolute atomic E-state index is 0.0586. The van der Waals surface area contributed by atoms with Crippen LogP contribution in [-0.4, -0.2) is 67.9 Å². The minimum Gasteiger partial charge on any atom is -0.484 e. The lowest BCUT2D eigenvalue weighted by atomic mass is 9.85. The van der Waals surface area contributed by atoms with Crippen molar-refractivity contribution in [1.82, 2.24) is 24.8 Å². The highest BCUT2D eigenvalue weighted by molar-refractivity contribution is 8.31. The van der Waals surface area contributed by atoms with E-state index in [1.165, 1.54) is 11.9 Å². The molecule has 0 bridgehead atoms. The normalized spacial score (nSPS) is 16.6. The molecule has 3 N–H and O–H groups in total. The van der Waals surface area contributed by atoms with E-state index in [4.69, 9.17) is 8.92 Å². The van der Waals surface area contributed by atoms with Gasteiger partial charge in [-0.25, -0.2) is 4.79 Å². The van der Waals surface area contributed by atoms with Crippen molar-refractivity contribution >= 4 is 45.3 Å². The van der Waals surface area contributed by atoms with Gasteiger partial charge in [0.15, 0.2) is 5.65 Å². The average Bonchev–Trinajstić information content (AvgIpc) is 3.52. The Morgan fingerprint density at radius 3 is 2.31 bits per heavy atom. The number of nitrogens with one attached hydrogen (secondary N) is 3. The maximum Gasteiger partial charge on any atom is 0.319 e. The van der Waals surface area contributed by atoms with Crippen LogP contribution in [-0.2, 0) is 16.0 Å². The molecule has 0 aliphatic heterocycles. The summed E-state index contributed by atoms with van der Waals surface area (Å²) >= 11 is 1.53. The number of amides is 2. The molecule has 4 aromatic rings. The summed E-state index contributed by atoms with van der Waals surface area (Å²) in [5.41, 5.74) is 5.78. The number of anilines is 2. The smallest absolute Gasteiger partial charge is 0.319 e. The molecule has 2 unspecified atom stereocenters. The van der Waals surface area contributed by atoms with Crippen LogP contribution in [0.4, 0.5) is 16.2 Å². The van der Waals surface area contributed by atoms with Crippen LogP contribution in [0, 0.1) is 0 Å². The van der Waals surface area contributed by atoms with Crippen molar-refractivity contribution < 1.29 is 13.7 Å². The molecule has 2 heterocycles. The molecule has 0 spiro atoms. The number of urea groups is 1. The lowest BCUT2D eigenvalue weighted by Crippen LogP contribution is -2.35. The number of aryl methyl sites for hydroxylation is 1. The van der Waals surface area contributed by atoms with E-state index in [0.29, 0.717) is 22.5 Å². The minimum atomic E-state index is -1.19. The van der Waals surface area contributed by atoms with Gasteiger partial charge < -0.3 is 24.3 Å². The Hall–Kier alpha value is -3.45. The van der Waals surface area contributed by atoms with E-state index in [9.17, 15) is 4.79 Å². The van der Waals surface area contributed by atoms with Crippen LogP contribution in [0.2, 0.25) is 0 Å². The molecule has 1 aliphatic carbocycles. The second-order valence-corrected chi connectivity index (χ2v) is 21.7. The fraction of sp³-hybridized carbons (Fsp3) is 0.558. The number of rotatable bonds is 17. The molecule has 2 amide bonds. The molecule has 0 radical (unpaired) electrons. The van der Waals surface area contributed by atoms with Gasteiger partial charge in [0.2, 0.25) is 0 Å². The van der Waals surface area contributed by atoms with Crippen molar-refractivity contribution in [2.45, 2.75) is 128 Å². The van der Waals surface area contributed by atoms with Crippen LogP contribution in [0.5, 0.6) is 5.75 Å². The Morgan fingerprint density at radius 1 is 0.945 bits per heavy atom. The van der Waals surface area contributed by atoms with Gasteiger partial charge in [-0.1, -0.05) is 98.5 Å². The van der Waals surface area contributed by atoms with Gasteiger partial charge >= 0.3 is 6.03 Å². The summed E-state index contributed by atoms with van der Waals surface area (Å²) in [5, 5.41) is 16.9. The van der Waals surface area contributed by atoms with Crippen LogP contribution in [0.15, 0.2) is 60.8 Å². The summed E-state index contributed by atoms with van der Waals surface area (Å²) in [7, 11) is 0.971. The van der Waals surface area contributed by atoms with Gasteiger partial charge in [0.05, 0.1) is 12.2 Å². The van der Waals surface area contributed by atoms with E-state index >= 15 is 0 Å². The molecule has 302 valence electrons. The topological polar surface area (TPSA) is 105 Å². The summed E-state index contributed by atoms with van der Waals surface area (Å²) in [4.78, 5) is 15.7. The number of pyridine rings is 1. The van der Waals surface area contributed by atoms with E-state index in [1.807, 2.05) is 42.8 Å². The zero-order chi connectivity index (χ0) is 39.9. The van der Waals surface area contributed by atoms with Crippen molar-refractivity contribution in [3.05, 3.63) is 83.3 Å². The van der Waals surface area contributed by atoms with Gasteiger partial charge in [-0.2, -0.15) is 0 Å². The molecular weight excluding hydrogens is 727 g/mol. The predicted molar refractivity (Wildman–Crippen MR) is 234 cm³/mol. The first-order valence-electron chi connectivity index (χ1n) is 19.9.